The molecule has 2 N–H and O–H groups in total. The molecule has 0 aromatic heterocycles. The van der Waals surface area contributed by atoms with Crippen LogP contribution in [-0.2, 0) is 15.1 Å². The van der Waals surface area contributed by atoms with Crippen LogP contribution < -0.4 is 20.1 Å². The van der Waals surface area contributed by atoms with E-state index in [1.807, 2.05) is 32.0 Å². The minimum Gasteiger partial charge on any atom is -0.486 e. The number of nitrogens with zero attached hydrogens (tertiary/aromatic N) is 1. The Morgan fingerprint density at radius 1 is 1.17 bits per heavy atom. The second-order valence-corrected chi connectivity index (χ2v) is 8.46. The summed E-state index contributed by atoms with van der Waals surface area (Å²) in [4.78, 5) is 38.7. The number of hydrogen-bond acceptors (Lipinski definition) is 5. The molecular weight excluding hydrogens is 374 g/mol. The molecule has 4 rings (SSSR count). The van der Waals surface area contributed by atoms with Gasteiger partial charge in [0.2, 0.25) is 5.91 Å². The van der Waals surface area contributed by atoms with Crippen LogP contribution in [0.1, 0.15) is 51.5 Å². The molecule has 0 bridgehead atoms. The second-order valence-electron chi connectivity index (χ2n) is 8.46. The van der Waals surface area contributed by atoms with Crippen LogP contribution in [-0.4, -0.2) is 48.0 Å². The van der Waals surface area contributed by atoms with Gasteiger partial charge < -0.3 is 20.1 Å². The van der Waals surface area contributed by atoms with Gasteiger partial charge in [-0.1, -0.05) is 18.9 Å². The maximum Gasteiger partial charge on any atom is 0.325 e. The van der Waals surface area contributed by atoms with Crippen LogP contribution in [0.3, 0.4) is 0 Å². The van der Waals surface area contributed by atoms with E-state index in [2.05, 4.69) is 10.6 Å². The van der Waals surface area contributed by atoms with E-state index in [0.29, 0.717) is 37.6 Å². The summed E-state index contributed by atoms with van der Waals surface area (Å²) >= 11 is 0. The van der Waals surface area contributed by atoms with Gasteiger partial charge in [0.15, 0.2) is 11.5 Å². The molecule has 8 nitrogen and oxygen atoms in total. The van der Waals surface area contributed by atoms with Crippen LogP contribution in [0.25, 0.3) is 0 Å². The molecule has 1 spiro atoms. The molecule has 1 saturated carbocycles. The molecule has 1 aromatic rings. The minimum absolute atomic E-state index is 0.0588. The lowest BCUT2D eigenvalue weighted by Crippen LogP contribution is -2.45. The summed E-state index contributed by atoms with van der Waals surface area (Å²) in [6, 6.07) is 5.22. The molecule has 2 fully saturated rings. The van der Waals surface area contributed by atoms with Gasteiger partial charge >= 0.3 is 6.03 Å². The van der Waals surface area contributed by atoms with Crippen LogP contribution in [0.15, 0.2) is 18.2 Å². The summed E-state index contributed by atoms with van der Waals surface area (Å²) in [6.07, 6.45) is 3.28. The van der Waals surface area contributed by atoms with Gasteiger partial charge in [-0.15, -0.1) is 0 Å². The Kier molecular flexibility index (Phi) is 4.88. The van der Waals surface area contributed by atoms with Crippen LogP contribution in [0.2, 0.25) is 0 Å². The van der Waals surface area contributed by atoms with Crippen molar-refractivity contribution in [3.63, 3.8) is 0 Å². The third-order valence-corrected chi connectivity index (χ3v) is 5.98. The zero-order valence-corrected chi connectivity index (χ0v) is 16.9. The lowest BCUT2D eigenvalue weighted by atomic mass is 9.93. The van der Waals surface area contributed by atoms with Crippen molar-refractivity contribution in [2.45, 2.75) is 57.0 Å². The molecule has 1 saturated heterocycles. The molecule has 1 aromatic carbocycles. The predicted octanol–water partition coefficient (Wildman–Crippen LogP) is 2.06. The number of carbonyl (C=O) groups excluding carboxylic acids is 3. The van der Waals surface area contributed by atoms with E-state index in [9.17, 15) is 14.4 Å². The smallest absolute Gasteiger partial charge is 0.325 e. The van der Waals surface area contributed by atoms with Crippen molar-refractivity contribution in [3.05, 3.63) is 23.8 Å². The molecule has 8 heteroatoms. The number of fused-ring (bicyclic) bond motifs is 1. The van der Waals surface area contributed by atoms with Crippen LogP contribution >= 0.6 is 0 Å². The van der Waals surface area contributed by atoms with Gasteiger partial charge in [-0.3, -0.25) is 14.5 Å². The molecule has 2 heterocycles. The number of imide groups is 1. The largest absolute Gasteiger partial charge is 0.486 e. The van der Waals surface area contributed by atoms with Gasteiger partial charge in [-0.25, -0.2) is 4.79 Å². The molecule has 0 radical (unpaired) electrons. The molecule has 29 heavy (non-hydrogen) atoms. The first-order chi connectivity index (χ1) is 13.8. The highest BCUT2D eigenvalue weighted by Gasteiger charge is 2.52. The fourth-order valence-electron chi connectivity index (χ4n) is 4.33. The fourth-order valence-corrected chi connectivity index (χ4v) is 4.33. The highest BCUT2D eigenvalue weighted by atomic mass is 16.6. The van der Waals surface area contributed by atoms with Gasteiger partial charge in [0.1, 0.15) is 18.8 Å². The minimum atomic E-state index is -0.738. The van der Waals surface area contributed by atoms with Gasteiger partial charge in [0, 0.05) is 13.0 Å². The van der Waals surface area contributed by atoms with Crippen molar-refractivity contribution < 1.29 is 23.9 Å². The van der Waals surface area contributed by atoms with Crippen molar-refractivity contribution in [1.82, 2.24) is 15.5 Å². The fraction of sp³-hybridized carbons (Fsp3) is 0.571. The zero-order chi connectivity index (χ0) is 20.6. The van der Waals surface area contributed by atoms with Gasteiger partial charge in [0.05, 0.1) is 5.54 Å². The Hall–Kier alpha value is -2.77. The van der Waals surface area contributed by atoms with Crippen molar-refractivity contribution in [2.24, 2.45) is 0 Å². The van der Waals surface area contributed by atoms with Crippen molar-refractivity contribution in [1.29, 1.82) is 0 Å². The first kappa shape index (κ1) is 19.5. The Labute approximate surface area is 169 Å². The highest BCUT2D eigenvalue weighted by Crippen LogP contribution is 2.36. The summed E-state index contributed by atoms with van der Waals surface area (Å²) in [7, 11) is 0. The van der Waals surface area contributed by atoms with Gasteiger partial charge in [-0.2, -0.15) is 0 Å². The molecule has 2 aliphatic heterocycles. The quantitative estimate of drug-likeness (QED) is 0.736. The molecular formula is C21H27N3O5. The maximum absolute atomic E-state index is 12.7. The summed E-state index contributed by atoms with van der Waals surface area (Å²) in [5, 5.41) is 5.82. The van der Waals surface area contributed by atoms with Gasteiger partial charge in [0.25, 0.3) is 5.91 Å². The maximum atomic E-state index is 12.7. The van der Waals surface area contributed by atoms with Crippen LogP contribution in [0, 0.1) is 0 Å². The number of nitrogens with one attached hydrogen (secondary N) is 2. The predicted molar refractivity (Wildman–Crippen MR) is 105 cm³/mol. The molecule has 0 unspecified atom stereocenters. The lowest BCUT2D eigenvalue weighted by molar-refractivity contribution is -0.131. The number of rotatable bonds is 5. The number of benzene rings is 1. The monoisotopic (exact) mass is 401 g/mol. The summed E-state index contributed by atoms with van der Waals surface area (Å²) in [5.74, 6) is 0.940. The molecule has 0 atom stereocenters. The van der Waals surface area contributed by atoms with E-state index < -0.39 is 17.1 Å². The average Bonchev–Trinajstić information content (AvgIpc) is 3.25. The molecule has 3 aliphatic rings. The van der Waals surface area contributed by atoms with E-state index in [4.69, 9.17) is 9.47 Å². The lowest BCUT2D eigenvalue weighted by Gasteiger charge is -2.29. The Morgan fingerprint density at radius 2 is 1.86 bits per heavy atom. The normalized spacial score (nSPS) is 20.1. The number of ether oxygens (including phenoxy) is 2. The first-order valence-electron chi connectivity index (χ1n) is 10.2. The SMILES string of the molecule is CC(C)(NC(=O)CCN1C(=O)NC2(CCCC2)C1=O)c1ccc2c(c1)OCCO2. The third kappa shape index (κ3) is 3.63. The van der Waals surface area contributed by atoms with Crippen molar-refractivity contribution in [3.8, 4) is 11.5 Å². The molecule has 4 amide bonds. The van der Waals surface area contributed by atoms with E-state index in [1.165, 1.54) is 4.90 Å². The zero-order valence-electron chi connectivity index (χ0n) is 16.9. The molecule has 1 aliphatic carbocycles. The number of carbonyl (C=O) groups is 3. The summed E-state index contributed by atoms with van der Waals surface area (Å²) in [5.41, 5.74) is -0.496. The molecule has 156 valence electrons. The van der Waals surface area contributed by atoms with Crippen LogP contribution in [0.4, 0.5) is 4.79 Å². The van der Waals surface area contributed by atoms with Crippen LogP contribution in [0.5, 0.6) is 11.5 Å². The topological polar surface area (TPSA) is 97.0 Å². The highest BCUT2D eigenvalue weighted by molar-refractivity contribution is 6.07. The average molecular weight is 401 g/mol. The standard InChI is InChI=1S/C21H27N3O5/c1-20(2,14-5-6-15-16(13-14)29-12-11-28-15)22-17(25)7-10-24-18(26)21(23-19(24)27)8-3-4-9-21/h5-6,13H,3-4,7-12H2,1-2H3,(H,22,25)(H,23,27). The Morgan fingerprint density at radius 3 is 2.59 bits per heavy atom. The number of amides is 4. The summed E-state index contributed by atoms with van der Waals surface area (Å²) < 4.78 is 11.2. The second kappa shape index (κ2) is 7.24. The van der Waals surface area contributed by atoms with E-state index in [0.717, 1.165) is 18.4 Å². The van der Waals surface area contributed by atoms with Gasteiger partial charge in [-0.05, 0) is 44.4 Å². The van der Waals surface area contributed by atoms with E-state index in [-0.39, 0.29) is 24.8 Å². The number of urea groups is 1. The van der Waals surface area contributed by atoms with Crippen molar-refractivity contribution in [2.75, 3.05) is 19.8 Å². The third-order valence-electron chi connectivity index (χ3n) is 5.98. The van der Waals surface area contributed by atoms with Crippen molar-refractivity contribution >= 4 is 17.8 Å². The Bertz CT molecular complexity index is 845. The summed E-state index contributed by atoms with van der Waals surface area (Å²) in [6.45, 7) is 4.90. The Balaban J connectivity index is 1.37. The number of hydrogen-bond donors (Lipinski definition) is 2. The first-order valence-corrected chi connectivity index (χ1v) is 10.2. The van der Waals surface area contributed by atoms with E-state index in [1.54, 1.807) is 0 Å². The van der Waals surface area contributed by atoms with E-state index >= 15 is 0 Å².